The Labute approximate surface area is 203 Å². The van der Waals surface area contributed by atoms with Gasteiger partial charge in [0.05, 0.1) is 17.5 Å². The first-order chi connectivity index (χ1) is 16.7. The second-order valence-electron chi connectivity index (χ2n) is 8.09. The highest BCUT2D eigenvalue weighted by Gasteiger charge is 2.22. The van der Waals surface area contributed by atoms with E-state index >= 15 is 0 Å². The number of amides is 1. The molecule has 0 aliphatic carbocycles. The lowest BCUT2D eigenvalue weighted by Gasteiger charge is -2.36. The highest BCUT2D eigenvalue weighted by molar-refractivity contribution is 8.00. The number of nitrogens with one attached hydrogen (secondary N) is 1. The Balaban J connectivity index is 1.18. The molecule has 172 valence electrons. The van der Waals surface area contributed by atoms with E-state index in [0.29, 0.717) is 18.7 Å². The average Bonchev–Trinajstić information content (AvgIpc) is 2.92. The van der Waals surface area contributed by atoms with Gasteiger partial charge in [-0.1, -0.05) is 24.3 Å². The maximum absolute atomic E-state index is 13.0. The third-order valence-corrected chi connectivity index (χ3v) is 6.88. The lowest BCUT2D eigenvalue weighted by molar-refractivity contribution is 0.0747. The van der Waals surface area contributed by atoms with Gasteiger partial charge in [0.2, 0.25) is 0 Å². The number of hydrogen-bond acceptors (Lipinski definition) is 6. The summed E-state index contributed by atoms with van der Waals surface area (Å²) in [5, 5.41) is 1.11. The standard InChI is InChI=1S/C27H26N4O2S/c1-33-24-8-3-7-23(19-24)30-15-17-31(18-16-30)27(32)21-10-12-22(13-11-21)29-34-25-9-2-5-20-6-4-14-28-26(20)25/h2-14,19,29H,15-18H2,1H3. The number of aromatic nitrogens is 1. The maximum Gasteiger partial charge on any atom is 0.253 e. The minimum atomic E-state index is 0.0720. The fourth-order valence-corrected chi connectivity index (χ4v) is 4.89. The van der Waals surface area contributed by atoms with Gasteiger partial charge in [0.1, 0.15) is 5.75 Å². The van der Waals surface area contributed by atoms with Crippen molar-refractivity contribution >= 4 is 40.1 Å². The fraction of sp³-hybridized carbons (Fsp3) is 0.185. The Morgan fingerprint density at radius 2 is 1.71 bits per heavy atom. The van der Waals surface area contributed by atoms with Crippen molar-refractivity contribution in [1.82, 2.24) is 9.88 Å². The quantitative estimate of drug-likeness (QED) is 0.385. The van der Waals surface area contributed by atoms with Crippen molar-refractivity contribution in [1.29, 1.82) is 0 Å². The lowest BCUT2D eigenvalue weighted by Crippen LogP contribution is -2.48. The smallest absolute Gasteiger partial charge is 0.253 e. The van der Waals surface area contributed by atoms with Crippen molar-refractivity contribution in [3.05, 3.63) is 90.6 Å². The number of rotatable bonds is 6. The van der Waals surface area contributed by atoms with Crippen molar-refractivity contribution in [3.8, 4) is 5.75 Å². The molecule has 0 radical (unpaired) electrons. The van der Waals surface area contributed by atoms with Crippen LogP contribution in [0.2, 0.25) is 0 Å². The van der Waals surface area contributed by atoms with Gasteiger partial charge in [0.25, 0.3) is 5.91 Å². The van der Waals surface area contributed by atoms with Gasteiger partial charge < -0.3 is 19.3 Å². The van der Waals surface area contributed by atoms with E-state index in [1.807, 2.05) is 65.7 Å². The van der Waals surface area contributed by atoms with Crippen molar-refractivity contribution < 1.29 is 9.53 Å². The predicted molar refractivity (Wildman–Crippen MR) is 139 cm³/mol. The number of fused-ring (bicyclic) bond motifs is 1. The summed E-state index contributed by atoms with van der Waals surface area (Å²) in [6.45, 7) is 2.99. The molecule has 0 unspecified atom stereocenters. The van der Waals surface area contributed by atoms with Gasteiger partial charge in [-0.3, -0.25) is 9.78 Å². The number of carbonyl (C=O) groups excluding carboxylic acids is 1. The van der Waals surface area contributed by atoms with Gasteiger partial charge >= 0.3 is 0 Å². The third kappa shape index (κ3) is 4.79. The third-order valence-electron chi connectivity index (χ3n) is 5.99. The number of hydrogen-bond donors (Lipinski definition) is 1. The van der Waals surface area contributed by atoms with Crippen molar-refractivity contribution in [3.63, 3.8) is 0 Å². The average molecular weight is 471 g/mol. The monoisotopic (exact) mass is 470 g/mol. The maximum atomic E-state index is 13.0. The molecule has 1 aliphatic heterocycles. The largest absolute Gasteiger partial charge is 0.497 e. The molecule has 7 heteroatoms. The molecule has 5 rings (SSSR count). The molecule has 1 aromatic heterocycles. The van der Waals surface area contributed by atoms with Gasteiger partial charge in [-0.25, -0.2) is 0 Å². The highest BCUT2D eigenvalue weighted by Crippen LogP contribution is 2.28. The molecule has 4 aromatic rings. The molecule has 1 fully saturated rings. The van der Waals surface area contributed by atoms with Crippen LogP contribution in [0.4, 0.5) is 11.4 Å². The lowest BCUT2D eigenvalue weighted by atomic mass is 10.1. The molecule has 0 bridgehead atoms. The number of nitrogens with zero attached hydrogens (tertiary/aromatic N) is 3. The van der Waals surface area contributed by atoms with Gasteiger partial charge in [-0.15, -0.1) is 0 Å². The molecule has 34 heavy (non-hydrogen) atoms. The Hall–Kier alpha value is -3.71. The number of carbonyl (C=O) groups is 1. The van der Waals surface area contributed by atoms with E-state index in [0.717, 1.165) is 46.0 Å². The van der Waals surface area contributed by atoms with E-state index < -0.39 is 0 Å². The van der Waals surface area contributed by atoms with E-state index in [-0.39, 0.29) is 5.91 Å². The SMILES string of the molecule is COc1cccc(N2CCN(C(=O)c3ccc(NSc4cccc5cccnc45)cc3)CC2)c1. The van der Waals surface area contributed by atoms with E-state index in [1.165, 1.54) is 11.9 Å². The van der Waals surface area contributed by atoms with E-state index in [2.05, 4.69) is 38.9 Å². The summed E-state index contributed by atoms with van der Waals surface area (Å²) in [6.07, 6.45) is 1.81. The zero-order valence-corrected chi connectivity index (χ0v) is 19.8. The summed E-state index contributed by atoms with van der Waals surface area (Å²) in [6, 6.07) is 25.9. The number of anilines is 2. The van der Waals surface area contributed by atoms with E-state index in [1.54, 1.807) is 7.11 Å². The van der Waals surface area contributed by atoms with Crippen molar-refractivity contribution in [2.75, 3.05) is 42.9 Å². The zero-order chi connectivity index (χ0) is 23.3. The highest BCUT2D eigenvalue weighted by atomic mass is 32.2. The Morgan fingerprint density at radius 3 is 2.50 bits per heavy atom. The number of para-hydroxylation sites is 1. The van der Waals surface area contributed by atoms with Crippen molar-refractivity contribution in [2.45, 2.75) is 4.90 Å². The Kier molecular flexibility index (Phi) is 6.53. The minimum Gasteiger partial charge on any atom is -0.497 e. The van der Waals surface area contributed by atoms with Crippen LogP contribution in [0.3, 0.4) is 0 Å². The molecule has 2 heterocycles. The summed E-state index contributed by atoms with van der Waals surface area (Å²) >= 11 is 1.52. The molecular weight excluding hydrogens is 444 g/mol. The first-order valence-corrected chi connectivity index (χ1v) is 12.1. The molecular formula is C27H26N4O2S. The van der Waals surface area contributed by atoms with E-state index in [4.69, 9.17) is 4.74 Å². The number of piperazine rings is 1. The topological polar surface area (TPSA) is 57.7 Å². The summed E-state index contributed by atoms with van der Waals surface area (Å²) in [7, 11) is 1.68. The molecule has 0 spiro atoms. The van der Waals surface area contributed by atoms with Crippen LogP contribution in [0.25, 0.3) is 10.9 Å². The van der Waals surface area contributed by atoms with Crippen LogP contribution in [0, 0.1) is 0 Å². The predicted octanol–water partition coefficient (Wildman–Crippen LogP) is 5.33. The summed E-state index contributed by atoms with van der Waals surface area (Å²) in [4.78, 5) is 22.8. The van der Waals surface area contributed by atoms with Crippen LogP contribution in [-0.4, -0.2) is 49.1 Å². The second kappa shape index (κ2) is 10.1. The van der Waals surface area contributed by atoms with Crippen molar-refractivity contribution in [2.24, 2.45) is 0 Å². The number of pyridine rings is 1. The molecule has 1 aliphatic rings. The van der Waals surface area contributed by atoms with Gasteiger partial charge in [-0.2, -0.15) is 0 Å². The van der Waals surface area contributed by atoms with Crippen LogP contribution in [0.1, 0.15) is 10.4 Å². The molecule has 1 amide bonds. The fourth-order valence-electron chi connectivity index (χ4n) is 4.11. The minimum absolute atomic E-state index is 0.0720. The second-order valence-corrected chi connectivity index (χ2v) is 8.94. The zero-order valence-electron chi connectivity index (χ0n) is 19.0. The van der Waals surface area contributed by atoms with Crippen LogP contribution in [-0.2, 0) is 0 Å². The first kappa shape index (κ1) is 22.1. The molecule has 1 saturated heterocycles. The van der Waals surface area contributed by atoms with Crippen LogP contribution < -0.4 is 14.4 Å². The van der Waals surface area contributed by atoms with Gasteiger partial charge in [-0.05, 0) is 60.5 Å². The van der Waals surface area contributed by atoms with E-state index in [9.17, 15) is 4.79 Å². The van der Waals surface area contributed by atoms with Crippen LogP contribution in [0.15, 0.2) is 90.0 Å². The summed E-state index contributed by atoms with van der Waals surface area (Å²) in [5.74, 6) is 0.919. The molecule has 1 N–H and O–H groups in total. The summed E-state index contributed by atoms with van der Waals surface area (Å²) in [5.41, 5.74) is 3.75. The first-order valence-electron chi connectivity index (χ1n) is 11.3. The number of ether oxygens (including phenoxy) is 1. The molecule has 6 nitrogen and oxygen atoms in total. The summed E-state index contributed by atoms with van der Waals surface area (Å²) < 4.78 is 8.70. The number of methoxy groups -OCH3 is 1. The Morgan fingerprint density at radius 1 is 0.941 bits per heavy atom. The Bertz CT molecular complexity index is 1280. The number of benzene rings is 3. The molecule has 0 saturated carbocycles. The van der Waals surface area contributed by atoms with Gasteiger partial charge in [0.15, 0.2) is 0 Å². The van der Waals surface area contributed by atoms with Gasteiger partial charge in [0, 0.05) is 60.8 Å². The molecule has 3 aromatic carbocycles. The van der Waals surface area contributed by atoms with Crippen LogP contribution in [0.5, 0.6) is 5.75 Å². The normalized spacial score (nSPS) is 13.7. The van der Waals surface area contributed by atoms with Crippen LogP contribution >= 0.6 is 11.9 Å². The molecule has 0 atom stereocenters.